The first-order valence-electron chi connectivity index (χ1n) is 13.0. The number of aryl methyl sites for hydroxylation is 2. The zero-order valence-electron chi connectivity index (χ0n) is 23.3. The molecular formula is C28H30ClF2N7O3. The molecule has 10 nitrogen and oxygen atoms in total. The van der Waals surface area contributed by atoms with E-state index in [2.05, 4.69) is 20.4 Å². The van der Waals surface area contributed by atoms with Gasteiger partial charge in [0.15, 0.2) is 11.6 Å². The van der Waals surface area contributed by atoms with E-state index in [9.17, 15) is 13.9 Å². The summed E-state index contributed by atoms with van der Waals surface area (Å²) in [5.74, 6) is -1.68. The molecule has 0 fully saturated rings. The number of ether oxygens (including phenoxy) is 1. The maximum atomic E-state index is 13.9. The highest BCUT2D eigenvalue weighted by atomic mass is 35.5. The maximum absolute atomic E-state index is 13.9. The molecule has 0 spiro atoms. The molecule has 13 heteroatoms. The van der Waals surface area contributed by atoms with E-state index in [0.29, 0.717) is 63.9 Å². The second-order valence-electron chi connectivity index (χ2n) is 10.1. The van der Waals surface area contributed by atoms with Crippen molar-refractivity contribution in [2.24, 2.45) is 0 Å². The second-order valence-corrected chi connectivity index (χ2v) is 10.5. The van der Waals surface area contributed by atoms with Crippen LogP contribution in [0.3, 0.4) is 0 Å². The van der Waals surface area contributed by atoms with Crippen LogP contribution in [0.4, 0.5) is 14.6 Å². The molecule has 0 unspecified atom stereocenters. The van der Waals surface area contributed by atoms with Crippen molar-refractivity contribution in [2.45, 2.75) is 52.8 Å². The smallest absolute Gasteiger partial charge is 0.303 e. The van der Waals surface area contributed by atoms with Gasteiger partial charge in [-0.05, 0) is 46.0 Å². The Morgan fingerprint density at radius 3 is 2.66 bits per heavy atom. The molecule has 41 heavy (non-hydrogen) atoms. The Labute approximate surface area is 240 Å². The molecule has 0 radical (unpaired) electrons. The van der Waals surface area contributed by atoms with Gasteiger partial charge in [-0.2, -0.15) is 8.78 Å². The van der Waals surface area contributed by atoms with Crippen LogP contribution in [-0.4, -0.2) is 56.5 Å². The number of benzene rings is 1. The molecule has 1 aliphatic heterocycles. The SMILES string of the molecule is CNC[C@@H](O)COc1ccc(Cl)c(-c2nc(-c3c(C)noc3C)c(C)c(N3Cc4cnc(C(C)(F)F)nc4C3)n2)c1. The number of anilines is 1. The zero-order valence-corrected chi connectivity index (χ0v) is 24.1. The second kappa shape index (κ2) is 11.3. The molecule has 0 amide bonds. The first-order valence-corrected chi connectivity index (χ1v) is 13.4. The highest BCUT2D eigenvalue weighted by Gasteiger charge is 2.32. The third kappa shape index (κ3) is 5.85. The molecule has 1 aromatic carbocycles. The summed E-state index contributed by atoms with van der Waals surface area (Å²) in [6.07, 6.45) is 0.752. The first kappa shape index (κ1) is 28.8. The van der Waals surface area contributed by atoms with Gasteiger partial charge in [-0.3, -0.25) is 0 Å². The van der Waals surface area contributed by atoms with Gasteiger partial charge >= 0.3 is 5.92 Å². The standard InChI is InChI=1S/C28H30ClF2N7O3/c1-14-24(23-15(2)37-41-16(23)3)35-25(20-8-19(6-7-21(20)29)40-13-18(39)10-32-5)36-26(14)38-11-17-9-33-27(28(4,30)31)34-22(17)12-38/h6-9,18,32,39H,10-13H2,1-5H3/t18-/m1/s1. The molecule has 2 N–H and O–H groups in total. The number of nitrogens with one attached hydrogen (secondary N) is 1. The third-order valence-electron chi connectivity index (χ3n) is 6.80. The molecule has 4 aromatic rings. The van der Waals surface area contributed by atoms with Crippen LogP contribution in [0.1, 0.15) is 41.0 Å². The van der Waals surface area contributed by atoms with Crippen LogP contribution < -0.4 is 15.0 Å². The highest BCUT2D eigenvalue weighted by Crippen LogP contribution is 2.39. The largest absolute Gasteiger partial charge is 0.491 e. The summed E-state index contributed by atoms with van der Waals surface area (Å²) in [5.41, 5.74) is 4.53. The Morgan fingerprint density at radius 1 is 1.20 bits per heavy atom. The van der Waals surface area contributed by atoms with Crippen molar-refractivity contribution in [3.8, 4) is 28.4 Å². The van der Waals surface area contributed by atoms with Crippen LogP contribution in [0.2, 0.25) is 5.02 Å². The van der Waals surface area contributed by atoms with E-state index in [1.165, 1.54) is 6.20 Å². The molecule has 0 aliphatic carbocycles. The highest BCUT2D eigenvalue weighted by molar-refractivity contribution is 6.33. The average molecular weight is 586 g/mol. The van der Waals surface area contributed by atoms with Crippen molar-refractivity contribution in [1.29, 1.82) is 0 Å². The summed E-state index contributed by atoms with van der Waals surface area (Å²) in [6.45, 7) is 7.42. The lowest BCUT2D eigenvalue weighted by molar-refractivity contribution is 0.00745. The lowest BCUT2D eigenvalue weighted by Crippen LogP contribution is -2.29. The molecule has 5 rings (SSSR count). The lowest BCUT2D eigenvalue weighted by Gasteiger charge is -2.22. The van der Waals surface area contributed by atoms with Crippen LogP contribution >= 0.6 is 11.6 Å². The number of nitrogens with zero attached hydrogens (tertiary/aromatic N) is 6. The van der Waals surface area contributed by atoms with Crippen LogP contribution in [0.5, 0.6) is 5.75 Å². The van der Waals surface area contributed by atoms with E-state index in [4.69, 9.17) is 30.8 Å². The van der Waals surface area contributed by atoms with E-state index in [0.717, 1.165) is 23.6 Å². The number of fused-ring (bicyclic) bond motifs is 1. The van der Waals surface area contributed by atoms with Crippen LogP contribution in [0.25, 0.3) is 22.6 Å². The van der Waals surface area contributed by atoms with Gasteiger partial charge in [0.2, 0.25) is 0 Å². The molecule has 0 saturated heterocycles. The Kier molecular flexibility index (Phi) is 7.91. The number of hydrogen-bond donors (Lipinski definition) is 2. The van der Waals surface area contributed by atoms with Gasteiger partial charge in [-0.25, -0.2) is 19.9 Å². The van der Waals surface area contributed by atoms with Gasteiger partial charge in [-0.1, -0.05) is 16.8 Å². The normalized spacial score (nSPS) is 13.9. The Balaban J connectivity index is 1.59. The van der Waals surface area contributed by atoms with E-state index in [1.807, 2.05) is 25.7 Å². The van der Waals surface area contributed by atoms with Gasteiger partial charge in [0.1, 0.15) is 30.0 Å². The minimum atomic E-state index is -3.15. The molecule has 216 valence electrons. The number of halogens is 3. The van der Waals surface area contributed by atoms with Gasteiger partial charge in [0, 0.05) is 42.9 Å². The summed E-state index contributed by atoms with van der Waals surface area (Å²) >= 11 is 6.64. The zero-order chi connectivity index (χ0) is 29.5. The number of aromatic nitrogens is 5. The van der Waals surface area contributed by atoms with E-state index >= 15 is 0 Å². The number of aliphatic hydroxyl groups excluding tert-OH is 1. The van der Waals surface area contributed by atoms with Gasteiger partial charge in [0.25, 0.3) is 0 Å². The van der Waals surface area contributed by atoms with Crippen LogP contribution in [0, 0.1) is 20.8 Å². The van der Waals surface area contributed by atoms with E-state index in [-0.39, 0.29) is 13.2 Å². The minimum absolute atomic E-state index is 0.0815. The summed E-state index contributed by atoms with van der Waals surface area (Å²) in [4.78, 5) is 19.8. The van der Waals surface area contributed by atoms with Crippen molar-refractivity contribution in [2.75, 3.05) is 25.1 Å². The Morgan fingerprint density at radius 2 is 1.98 bits per heavy atom. The van der Waals surface area contributed by atoms with Gasteiger partial charge in [-0.15, -0.1) is 0 Å². The summed E-state index contributed by atoms with van der Waals surface area (Å²) in [5, 5.41) is 17.5. The molecule has 4 heterocycles. The fraction of sp³-hybridized carbons (Fsp3) is 0.393. The lowest BCUT2D eigenvalue weighted by atomic mass is 10.0. The number of rotatable bonds is 9. The quantitative estimate of drug-likeness (QED) is 0.284. The molecule has 1 atom stereocenters. The van der Waals surface area contributed by atoms with E-state index in [1.54, 1.807) is 25.2 Å². The molecule has 0 saturated carbocycles. The predicted molar refractivity (Wildman–Crippen MR) is 149 cm³/mol. The van der Waals surface area contributed by atoms with Crippen molar-refractivity contribution < 1.29 is 23.1 Å². The molecule has 3 aromatic heterocycles. The average Bonchev–Trinajstić information content (AvgIpc) is 3.50. The minimum Gasteiger partial charge on any atom is -0.491 e. The topological polar surface area (TPSA) is 122 Å². The third-order valence-corrected chi connectivity index (χ3v) is 7.13. The monoisotopic (exact) mass is 585 g/mol. The predicted octanol–water partition coefficient (Wildman–Crippen LogP) is 4.76. The van der Waals surface area contributed by atoms with E-state index < -0.39 is 17.9 Å². The molecule has 1 aliphatic rings. The number of hydrogen-bond acceptors (Lipinski definition) is 10. The number of aliphatic hydroxyl groups is 1. The van der Waals surface area contributed by atoms with Crippen LogP contribution in [0.15, 0.2) is 28.9 Å². The summed E-state index contributed by atoms with van der Waals surface area (Å²) in [6, 6.07) is 5.11. The maximum Gasteiger partial charge on any atom is 0.303 e. The van der Waals surface area contributed by atoms with Crippen molar-refractivity contribution in [1.82, 2.24) is 30.4 Å². The fourth-order valence-electron chi connectivity index (χ4n) is 4.76. The van der Waals surface area contributed by atoms with Crippen molar-refractivity contribution in [3.63, 3.8) is 0 Å². The summed E-state index contributed by atoms with van der Waals surface area (Å²) < 4.78 is 39.1. The van der Waals surface area contributed by atoms with Gasteiger partial charge in [0.05, 0.1) is 34.2 Å². The Hall–Kier alpha value is -3.74. The Bertz CT molecular complexity index is 1570. The molecular weight excluding hydrogens is 556 g/mol. The number of alkyl halides is 2. The number of likely N-dealkylation sites (N-methyl/N-ethyl adjacent to an activating group) is 1. The van der Waals surface area contributed by atoms with Gasteiger partial charge < -0.3 is 24.6 Å². The van der Waals surface area contributed by atoms with Crippen molar-refractivity contribution >= 4 is 17.4 Å². The summed E-state index contributed by atoms with van der Waals surface area (Å²) in [7, 11) is 1.75. The van der Waals surface area contributed by atoms with Crippen LogP contribution in [-0.2, 0) is 19.0 Å². The first-order chi connectivity index (χ1) is 19.5. The fourth-order valence-corrected chi connectivity index (χ4v) is 4.97. The molecule has 0 bridgehead atoms. The van der Waals surface area contributed by atoms with Crippen molar-refractivity contribution in [3.05, 3.63) is 63.5 Å².